The van der Waals surface area contributed by atoms with Crippen LogP contribution in [0.15, 0.2) is 0 Å². The predicted molar refractivity (Wildman–Crippen MR) is 65.5 cm³/mol. The summed E-state index contributed by atoms with van der Waals surface area (Å²) in [5, 5.41) is 9.28. The van der Waals surface area contributed by atoms with Gasteiger partial charge in [-0.15, -0.1) is 0 Å². The molecule has 1 N–H and O–H groups in total. The van der Waals surface area contributed by atoms with E-state index >= 15 is 0 Å². The zero-order valence-electron chi connectivity index (χ0n) is 10.8. The van der Waals surface area contributed by atoms with Crippen molar-refractivity contribution >= 4 is 5.97 Å². The summed E-state index contributed by atoms with van der Waals surface area (Å²) in [7, 11) is 0. The molecule has 3 nitrogen and oxygen atoms in total. The van der Waals surface area contributed by atoms with Crippen molar-refractivity contribution in [3.05, 3.63) is 0 Å². The minimum atomic E-state index is -0.639. The summed E-state index contributed by atoms with van der Waals surface area (Å²) in [6, 6.07) is 0.216. The Bertz CT molecular complexity index is 230. The second kappa shape index (κ2) is 6.24. The van der Waals surface area contributed by atoms with Crippen molar-refractivity contribution in [1.29, 1.82) is 0 Å². The van der Waals surface area contributed by atoms with Crippen LogP contribution >= 0.6 is 0 Å². The van der Waals surface area contributed by atoms with Crippen molar-refractivity contribution in [3.8, 4) is 0 Å². The highest BCUT2D eigenvalue weighted by Gasteiger charge is 2.39. The van der Waals surface area contributed by atoms with Crippen LogP contribution in [0.2, 0.25) is 0 Å². The predicted octanol–water partition coefficient (Wildman–Crippen LogP) is 2.75. The number of hydrogen-bond donors (Lipinski definition) is 1. The number of carbonyl (C=O) groups is 1. The Hall–Kier alpha value is -0.570. The molecule has 0 aliphatic carbocycles. The highest BCUT2D eigenvalue weighted by Crippen LogP contribution is 2.29. The largest absolute Gasteiger partial charge is 0.480 e. The van der Waals surface area contributed by atoms with E-state index in [0.717, 1.165) is 25.8 Å². The molecule has 3 heteroatoms. The second-order valence-electron chi connectivity index (χ2n) is 4.99. The summed E-state index contributed by atoms with van der Waals surface area (Å²) in [5.74, 6) is -0.340. The molecule has 0 aromatic carbocycles. The van der Waals surface area contributed by atoms with Gasteiger partial charge in [0.25, 0.3) is 0 Å². The van der Waals surface area contributed by atoms with Crippen molar-refractivity contribution in [1.82, 2.24) is 4.90 Å². The average molecular weight is 227 g/mol. The van der Waals surface area contributed by atoms with E-state index in [1.54, 1.807) is 0 Å². The van der Waals surface area contributed by atoms with Gasteiger partial charge in [0.1, 0.15) is 6.04 Å². The molecule has 0 aromatic heterocycles. The summed E-state index contributed by atoms with van der Waals surface area (Å²) in [6.45, 7) is 7.38. The van der Waals surface area contributed by atoms with Gasteiger partial charge in [0.15, 0.2) is 0 Å². The molecule has 94 valence electrons. The summed E-state index contributed by atoms with van der Waals surface area (Å²) in [6.07, 6.45) is 5.63. The molecular formula is C13H25NO2. The van der Waals surface area contributed by atoms with Crippen LogP contribution in [-0.4, -0.2) is 34.6 Å². The van der Waals surface area contributed by atoms with Crippen LogP contribution < -0.4 is 0 Å². The van der Waals surface area contributed by atoms with E-state index in [0.29, 0.717) is 12.0 Å². The van der Waals surface area contributed by atoms with Crippen molar-refractivity contribution in [3.63, 3.8) is 0 Å². The second-order valence-corrected chi connectivity index (χ2v) is 4.99. The van der Waals surface area contributed by atoms with E-state index in [9.17, 15) is 9.90 Å². The zero-order chi connectivity index (χ0) is 12.1. The molecule has 0 amide bonds. The lowest BCUT2D eigenvalue weighted by atomic mass is 10.0. The van der Waals surface area contributed by atoms with Crippen LogP contribution in [0.4, 0.5) is 0 Å². The first kappa shape index (κ1) is 13.5. The van der Waals surface area contributed by atoms with Crippen LogP contribution in [0.3, 0.4) is 0 Å². The Labute approximate surface area is 98.8 Å². The number of likely N-dealkylation sites (tertiary alicyclic amines) is 1. The summed E-state index contributed by atoms with van der Waals surface area (Å²) < 4.78 is 0. The first-order chi connectivity index (χ1) is 7.61. The molecule has 0 radical (unpaired) electrons. The fourth-order valence-electron chi connectivity index (χ4n) is 2.82. The zero-order valence-corrected chi connectivity index (χ0v) is 10.8. The van der Waals surface area contributed by atoms with E-state index in [1.165, 1.54) is 12.8 Å². The van der Waals surface area contributed by atoms with Gasteiger partial charge in [0, 0.05) is 6.04 Å². The quantitative estimate of drug-likeness (QED) is 0.758. The van der Waals surface area contributed by atoms with E-state index in [2.05, 4.69) is 25.7 Å². The smallest absolute Gasteiger partial charge is 0.321 e. The molecule has 1 aliphatic rings. The maximum atomic E-state index is 11.3. The molecule has 1 saturated heterocycles. The molecule has 0 aromatic rings. The first-order valence-electron chi connectivity index (χ1n) is 6.60. The van der Waals surface area contributed by atoms with Gasteiger partial charge in [-0.3, -0.25) is 9.69 Å². The number of aliphatic carboxylic acids is 1. The van der Waals surface area contributed by atoms with Gasteiger partial charge in [0.05, 0.1) is 0 Å². The number of unbranched alkanes of at least 4 members (excludes halogenated alkanes) is 1. The lowest BCUT2D eigenvalue weighted by Gasteiger charge is -2.31. The molecule has 1 rings (SSSR count). The Balaban J connectivity index is 2.64. The van der Waals surface area contributed by atoms with Crippen molar-refractivity contribution in [2.24, 2.45) is 5.92 Å². The fraction of sp³-hybridized carbons (Fsp3) is 0.923. The highest BCUT2D eigenvalue weighted by atomic mass is 16.4. The van der Waals surface area contributed by atoms with Crippen molar-refractivity contribution < 1.29 is 9.90 Å². The topological polar surface area (TPSA) is 40.5 Å². The van der Waals surface area contributed by atoms with Crippen LogP contribution in [0, 0.1) is 5.92 Å². The van der Waals surface area contributed by atoms with E-state index in [-0.39, 0.29) is 6.04 Å². The third-order valence-corrected chi connectivity index (χ3v) is 3.82. The van der Waals surface area contributed by atoms with E-state index < -0.39 is 5.97 Å². The lowest BCUT2D eigenvalue weighted by Crippen LogP contribution is -2.45. The van der Waals surface area contributed by atoms with Gasteiger partial charge < -0.3 is 5.11 Å². The van der Waals surface area contributed by atoms with Gasteiger partial charge in [-0.05, 0) is 31.7 Å². The minimum absolute atomic E-state index is 0.248. The average Bonchev–Trinajstić information content (AvgIpc) is 2.62. The van der Waals surface area contributed by atoms with Crippen LogP contribution in [0.25, 0.3) is 0 Å². The highest BCUT2D eigenvalue weighted by molar-refractivity contribution is 5.74. The van der Waals surface area contributed by atoms with Gasteiger partial charge in [-0.1, -0.05) is 33.6 Å². The van der Waals surface area contributed by atoms with Crippen LogP contribution in [0.1, 0.15) is 52.9 Å². The molecule has 0 saturated carbocycles. The molecule has 16 heavy (non-hydrogen) atoms. The minimum Gasteiger partial charge on any atom is -0.480 e. The van der Waals surface area contributed by atoms with E-state index in [1.807, 2.05) is 0 Å². The maximum absolute atomic E-state index is 11.3. The molecular weight excluding hydrogens is 202 g/mol. The van der Waals surface area contributed by atoms with Gasteiger partial charge in [-0.2, -0.15) is 0 Å². The van der Waals surface area contributed by atoms with Crippen LogP contribution in [0.5, 0.6) is 0 Å². The molecule has 3 atom stereocenters. The van der Waals surface area contributed by atoms with Crippen molar-refractivity contribution in [2.75, 3.05) is 6.54 Å². The Morgan fingerprint density at radius 2 is 2.19 bits per heavy atom. The SMILES string of the molecule is CCCCC(CC)N1CCC(C)C1C(=O)O. The molecule has 1 fully saturated rings. The number of hydrogen-bond acceptors (Lipinski definition) is 2. The molecule has 1 aliphatic heterocycles. The number of carboxylic acids is 1. The third kappa shape index (κ3) is 2.97. The fourth-order valence-corrected chi connectivity index (χ4v) is 2.82. The number of nitrogens with zero attached hydrogens (tertiary/aromatic N) is 1. The molecule has 3 unspecified atom stereocenters. The van der Waals surface area contributed by atoms with E-state index in [4.69, 9.17) is 0 Å². The number of carboxylic acid groups (broad SMARTS) is 1. The maximum Gasteiger partial charge on any atom is 0.321 e. The van der Waals surface area contributed by atoms with Gasteiger partial charge >= 0.3 is 5.97 Å². The van der Waals surface area contributed by atoms with Crippen LogP contribution in [-0.2, 0) is 4.79 Å². The third-order valence-electron chi connectivity index (χ3n) is 3.82. The normalized spacial score (nSPS) is 28.2. The number of rotatable bonds is 6. The van der Waals surface area contributed by atoms with Crippen molar-refractivity contribution in [2.45, 2.75) is 65.0 Å². The standard InChI is InChI=1S/C13H25NO2/c1-4-6-7-11(5-2)14-9-8-10(3)12(14)13(15)16/h10-12H,4-9H2,1-3H3,(H,15,16). The Kier molecular flexibility index (Phi) is 5.26. The summed E-state index contributed by atoms with van der Waals surface area (Å²) >= 11 is 0. The first-order valence-corrected chi connectivity index (χ1v) is 6.60. The summed E-state index contributed by atoms with van der Waals surface area (Å²) in [5.41, 5.74) is 0. The van der Waals surface area contributed by atoms with Gasteiger partial charge in [-0.25, -0.2) is 0 Å². The van der Waals surface area contributed by atoms with Gasteiger partial charge in [0.2, 0.25) is 0 Å². The Morgan fingerprint density at radius 3 is 2.69 bits per heavy atom. The Morgan fingerprint density at radius 1 is 1.50 bits per heavy atom. The summed E-state index contributed by atoms with van der Waals surface area (Å²) in [4.78, 5) is 13.5. The lowest BCUT2D eigenvalue weighted by molar-refractivity contribution is -0.144. The molecule has 0 spiro atoms. The molecule has 1 heterocycles. The molecule has 0 bridgehead atoms. The monoisotopic (exact) mass is 227 g/mol.